The van der Waals surface area contributed by atoms with E-state index in [0.29, 0.717) is 18.4 Å². The Balaban J connectivity index is 1.65. The number of nitrogens with zero attached hydrogens (tertiary/aromatic N) is 2. The zero-order valence-electron chi connectivity index (χ0n) is 17.4. The highest BCUT2D eigenvalue weighted by molar-refractivity contribution is 5.89. The molecule has 0 saturated heterocycles. The molecule has 1 aromatic heterocycles. The Bertz CT molecular complexity index is 1050. The van der Waals surface area contributed by atoms with Crippen molar-refractivity contribution >= 4 is 18.1 Å². The number of carbonyl (C=O) groups excluding carboxylic acids is 2. The summed E-state index contributed by atoms with van der Waals surface area (Å²) in [7, 11) is 1.36. The molecule has 6 heteroatoms. The van der Waals surface area contributed by atoms with E-state index < -0.39 is 0 Å². The molecule has 0 saturated carbocycles. The van der Waals surface area contributed by atoms with Gasteiger partial charge in [-0.3, -0.25) is 4.79 Å². The lowest BCUT2D eigenvalue weighted by atomic mass is 10.1. The van der Waals surface area contributed by atoms with Crippen molar-refractivity contribution in [1.82, 2.24) is 9.99 Å². The zero-order chi connectivity index (χ0) is 21.5. The number of benzene rings is 2. The number of methoxy groups -OCH3 is 1. The number of aromatic nitrogens is 1. The molecule has 1 heterocycles. The zero-order valence-corrected chi connectivity index (χ0v) is 17.4. The molecule has 0 unspecified atom stereocenters. The van der Waals surface area contributed by atoms with Crippen molar-refractivity contribution in [2.24, 2.45) is 5.10 Å². The minimum atomic E-state index is -0.363. The van der Waals surface area contributed by atoms with Crippen molar-refractivity contribution in [3.63, 3.8) is 0 Å². The fourth-order valence-electron chi connectivity index (χ4n) is 3.31. The predicted molar refractivity (Wildman–Crippen MR) is 117 cm³/mol. The highest BCUT2D eigenvalue weighted by Gasteiger charge is 2.11. The van der Waals surface area contributed by atoms with Gasteiger partial charge in [0.05, 0.1) is 18.9 Å². The number of carbonyl (C=O) groups is 2. The van der Waals surface area contributed by atoms with Crippen LogP contribution in [0, 0.1) is 13.8 Å². The monoisotopic (exact) mass is 403 g/mol. The summed E-state index contributed by atoms with van der Waals surface area (Å²) < 4.78 is 6.81. The van der Waals surface area contributed by atoms with Gasteiger partial charge in [-0.25, -0.2) is 10.2 Å². The van der Waals surface area contributed by atoms with Crippen LogP contribution in [0.4, 0.5) is 0 Å². The normalized spacial score (nSPS) is 10.9. The van der Waals surface area contributed by atoms with Crippen LogP contribution in [-0.2, 0) is 16.0 Å². The number of ether oxygens (including phenoxy) is 1. The maximum atomic E-state index is 12.0. The number of nitrogens with one attached hydrogen (secondary N) is 1. The third-order valence-corrected chi connectivity index (χ3v) is 4.89. The molecule has 0 aliphatic carbocycles. The lowest BCUT2D eigenvalue weighted by Crippen LogP contribution is -2.17. The predicted octanol–water partition coefficient (Wildman–Crippen LogP) is 3.96. The second-order valence-corrected chi connectivity index (χ2v) is 6.98. The van der Waals surface area contributed by atoms with Crippen LogP contribution < -0.4 is 5.43 Å². The molecule has 0 aliphatic heterocycles. The van der Waals surface area contributed by atoms with Crippen LogP contribution in [0.3, 0.4) is 0 Å². The van der Waals surface area contributed by atoms with Crippen LogP contribution in [0.5, 0.6) is 0 Å². The van der Waals surface area contributed by atoms with Gasteiger partial charge >= 0.3 is 5.97 Å². The quantitative estimate of drug-likeness (QED) is 0.369. The van der Waals surface area contributed by atoms with Gasteiger partial charge in [0.25, 0.3) is 0 Å². The number of hydrogen-bond acceptors (Lipinski definition) is 4. The van der Waals surface area contributed by atoms with Crippen LogP contribution in [0.15, 0.2) is 65.8 Å². The highest BCUT2D eigenvalue weighted by atomic mass is 16.5. The first-order chi connectivity index (χ1) is 14.5. The number of amides is 1. The van der Waals surface area contributed by atoms with E-state index in [1.807, 2.05) is 62.4 Å². The average molecular weight is 403 g/mol. The smallest absolute Gasteiger partial charge is 0.337 e. The Morgan fingerprint density at radius 1 is 1.07 bits per heavy atom. The van der Waals surface area contributed by atoms with Crippen molar-refractivity contribution in [1.29, 1.82) is 0 Å². The Kier molecular flexibility index (Phi) is 6.80. The van der Waals surface area contributed by atoms with E-state index >= 15 is 0 Å². The van der Waals surface area contributed by atoms with Crippen molar-refractivity contribution in [3.05, 3.63) is 88.7 Å². The molecule has 154 valence electrons. The molecule has 0 radical (unpaired) electrons. The fraction of sp³-hybridized carbons (Fsp3) is 0.208. The third-order valence-electron chi connectivity index (χ3n) is 4.89. The maximum absolute atomic E-state index is 12.0. The number of hydrogen-bond donors (Lipinski definition) is 1. The van der Waals surface area contributed by atoms with Gasteiger partial charge in [-0.05, 0) is 56.2 Å². The molecule has 0 fully saturated rings. The Labute approximate surface area is 176 Å². The van der Waals surface area contributed by atoms with Crippen molar-refractivity contribution in [2.45, 2.75) is 26.7 Å². The summed E-state index contributed by atoms with van der Waals surface area (Å²) in [5, 5.41) is 4.11. The van der Waals surface area contributed by atoms with Crippen LogP contribution in [0.25, 0.3) is 5.69 Å². The van der Waals surface area contributed by atoms with Gasteiger partial charge in [-0.1, -0.05) is 30.3 Å². The van der Waals surface area contributed by atoms with Gasteiger partial charge in [0, 0.05) is 29.1 Å². The lowest BCUT2D eigenvalue weighted by molar-refractivity contribution is -0.121. The molecule has 30 heavy (non-hydrogen) atoms. The summed E-state index contributed by atoms with van der Waals surface area (Å²) in [6.45, 7) is 3.98. The van der Waals surface area contributed by atoms with Crippen molar-refractivity contribution in [2.75, 3.05) is 7.11 Å². The highest BCUT2D eigenvalue weighted by Crippen LogP contribution is 2.20. The van der Waals surface area contributed by atoms with Crippen molar-refractivity contribution < 1.29 is 14.3 Å². The average Bonchev–Trinajstić information content (AvgIpc) is 3.05. The Morgan fingerprint density at radius 2 is 1.77 bits per heavy atom. The first-order valence-electron chi connectivity index (χ1n) is 9.73. The Hall–Kier alpha value is -3.67. The van der Waals surface area contributed by atoms with E-state index in [0.717, 1.165) is 28.2 Å². The molecule has 0 aliphatic rings. The minimum Gasteiger partial charge on any atom is -0.465 e. The SMILES string of the molecule is COC(=O)c1ccc(-n2c(C)cc(/C=N\NC(=O)CCc3ccccc3)c2C)cc1. The molecule has 1 amide bonds. The van der Waals surface area contributed by atoms with Crippen LogP contribution >= 0.6 is 0 Å². The molecule has 0 atom stereocenters. The molecule has 3 rings (SSSR count). The van der Waals surface area contributed by atoms with Crippen LogP contribution in [0.1, 0.15) is 39.3 Å². The van der Waals surface area contributed by atoms with Crippen molar-refractivity contribution in [3.8, 4) is 5.69 Å². The Morgan fingerprint density at radius 3 is 2.43 bits per heavy atom. The number of hydrazone groups is 1. The summed E-state index contributed by atoms with van der Waals surface area (Å²) in [4.78, 5) is 23.6. The molecular formula is C24H25N3O3. The summed E-state index contributed by atoms with van der Waals surface area (Å²) in [6.07, 6.45) is 2.72. The van der Waals surface area contributed by atoms with Gasteiger partial charge in [0.1, 0.15) is 0 Å². The summed E-state index contributed by atoms with van der Waals surface area (Å²) in [5.41, 5.74) is 8.07. The van der Waals surface area contributed by atoms with Gasteiger partial charge in [-0.15, -0.1) is 0 Å². The van der Waals surface area contributed by atoms with E-state index in [2.05, 4.69) is 15.1 Å². The molecular weight excluding hydrogens is 378 g/mol. The van der Waals surface area contributed by atoms with Crippen LogP contribution in [0.2, 0.25) is 0 Å². The second-order valence-electron chi connectivity index (χ2n) is 6.98. The second kappa shape index (κ2) is 9.69. The molecule has 2 aromatic carbocycles. The van der Waals surface area contributed by atoms with E-state index in [9.17, 15) is 9.59 Å². The number of esters is 1. The number of aryl methyl sites for hydroxylation is 2. The largest absolute Gasteiger partial charge is 0.465 e. The minimum absolute atomic E-state index is 0.123. The lowest BCUT2D eigenvalue weighted by Gasteiger charge is -2.10. The van der Waals surface area contributed by atoms with Crippen LogP contribution in [-0.4, -0.2) is 29.8 Å². The topological polar surface area (TPSA) is 72.7 Å². The standard InChI is InChI=1S/C24H25N3O3/c1-17-15-21(16-25-26-23(28)14-9-19-7-5-4-6-8-19)18(2)27(17)22-12-10-20(11-13-22)24(29)30-3/h4-8,10-13,15-16H,9,14H2,1-3H3,(H,26,28)/b25-16-. The molecule has 0 spiro atoms. The van der Waals surface area contributed by atoms with E-state index in [1.165, 1.54) is 7.11 Å². The summed E-state index contributed by atoms with van der Waals surface area (Å²) in [5.74, 6) is -0.486. The van der Waals surface area contributed by atoms with Gasteiger partial charge in [-0.2, -0.15) is 5.10 Å². The first-order valence-corrected chi connectivity index (χ1v) is 9.73. The summed E-state index contributed by atoms with van der Waals surface area (Å²) in [6, 6.07) is 19.1. The van der Waals surface area contributed by atoms with Gasteiger partial charge in [0.15, 0.2) is 0 Å². The molecule has 1 N–H and O–H groups in total. The first kappa shape index (κ1) is 21.0. The molecule has 3 aromatic rings. The summed E-state index contributed by atoms with van der Waals surface area (Å²) >= 11 is 0. The van der Waals surface area contributed by atoms with E-state index in [4.69, 9.17) is 4.74 Å². The molecule has 0 bridgehead atoms. The maximum Gasteiger partial charge on any atom is 0.337 e. The van der Waals surface area contributed by atoms with E-state index in [1.54, 1.807) is 18.3 Å². The van der Waals surface area contributed by atoms with Gasteiger partial charge in [0.2, 0.25) is 5.91 Å². The van der Waals surface area contributed by atoms with Gasteiger partial charge < -0.3 is 9.30 Å². The number of rotatable bonds is 7. The fourth-order valence-corrected chi connectivity index (χ4v) is 3.31. The molecule has 6 nitrogen and oxygen atoms in total. The van der Waals surface area contributed by atoms with E-state index in [-0.39, 0.29) is 11.9 Å². The third kappa shape index (κ3) is 5.03.